The van der Waals surface area contributed by atoms with Crippen LogP contribution in [0, 0.1) is 0 Å². The summed E-state index contributed by atoms with van der Waals surface area (Å²) in [5, 5.41) is 3.53. The fraction of sp³-hybridized carbons (Fsp3) is 0.692. The monoisotopic (exact) mass is 263 g/mol. The summed E-state index contributed by atoms with van der Waals surface area (Å²) >= 11 is 0. The lowest BCUT2D eigenvalue weighted by Crippen LogP contribution is -2.31. The molecule has 2 aliphatic heterocycles. The Morgan fingerprint density at radius 3 is 2.68 bits per heavy atom. The van der Waals surface area contributed by atoms with E-state index >= 15 is 0 Å². The van der Waals surface area contributed by atoms with E-state index in [1.54, 1.807) is 0 Å². The maximum Gasteiger partial charge on any atom is 0.148 e. The first-order valence-corrected chi connectivity index (χ1v) is 6.92. The predicted octanol–water partition coefficient (Wildman–Crippen LogP) is 1.62. The van der Waals surface area contributed by atoms with Gasteiger partial charge in [-0.15, -0.1) is 0 Å². The zero-order chi connectivity index (χ0) is 13.4. The lowest BCUT2D eigenvalue weighted by molar-refractivity contribution is 0.102. The number of fused-ring (bicyclic) bond motifs is 2. The number of hydrazine groups is 1. The number of ether oxygens (including phenoxy) is 1. The SMILES string of the molecule is CC(C)c1c(NN)ncnc1NC1CC2CCC1O2. The van der Waals surface area contributed by atoms with Gasteiger partial charge in [-0.05, 0) is 25.2 Å². The van der Waals surface area contributed by atoms with Crippen LogP contribution in [-0.4, -0.2) is 28.2 Å². The number of anilines is 2. The summed E-state index contributed by atoms with van der Waals surface area (Å²) in [4.78, 5) is 8.57. The summed E-state index contributed by atoms with van der Waals surface area (Å²) in [5.41, 5.74) is 3.69. The maximum atomic E-state index is 5.87. The van der Waals surface area contributed by atoms with E-state index in [0.29, 0.717) is 30.0 Å². The lowest BCUT2D eigenvalue weighted by atomic mass is 9.95. The molecule has 2 bridgehead atoms. The van der Waals surface area contributed by atoms with Gasteiger partial charge in [0.05, 0.1) is 18.2 Å². The Morgan fingerprint density at radius 1 is 1.32 bits per heavy atom. The Hall–Kier alpha value is -1.40. The van der Waals surface area contributed by atoms with Crippen LogP contribution in [0.2, 0.25) is 0 Å². The van der Waals surface area contributed by atoms with E-state index in [9.17, 15) is 0 Å². The molecule has 0 aliphatic carbocycles. The van der Waals surface area contributed by atoms with Gasteiger partial charge in [-0.3, -0.25) is 0 Å². The fourth-order valence-electron chi connectivity index (χ4n) is 3.14. The molecular weight excluding hydrogens is 242 g/mol. The number of aromatic nitrogens is 2. The van der Waals surface area contributed by atoms with E-state index in [1.807, 2.05) is 0 Å². The van der Waals surface area contributed by atoms with Crippen LogP contribution in [0.3, 0.4) is 0 Å². The van der Waals surface area contributed by atoms with Gasteiger partial charge in [0.2, 0.25) is 0 Å². The van der Waals surface area contributed by atoms with Crippen LogP contribution >= 0.6 is 0 Å². The highest BCUT2D eigenvalue weighted by Gasteiger charge is 2.41. The second kappa shape index (κ2) is 4.94. The first-order valence-electron chi connectivity index (χ1n) is 6.92. The molecule has 0 aromatic carbocycles. The summed E-state index contributed by atoms with van der Waals surface area (Å²) in [7, 11) is 0. The van der Waals surface area contributed by atoms with E-state index in [0.717, 1.165) is 24.2 Å². The fourth-order valence-corrected chi connectivity index (χ4v) is 3.14. The van der Waals surface area contributed by atoms with Gasteiger partial charge in [0.15, 0.2) is 0 Å². The summed E-state index contributed by atoms with van der Waals surface area (Å²) in [6.45, 7) is 4.23. The number of nitrogen functional groups attached to an aromatic ring is 1. The minimum atomic E-state index is 0.300. The van der Waals surface area contributed by atoms with Crippen LogP contribution in [0.1, 0.15) is 44.6 Å². The number of nitrogens with two attached hydrogens (primary N) is 1. The first kappa shape index (κ1) is 12.6. The molecule has 6 heteroatoms. The van der Waals surface area contributed by atoms with E-state index in [4.69, 9.17) is 10.6 Å². The normalized spacial score (nSPS) is 28.9. The Balaban J connectivity index is 1.84. The van der Waals surface area contributed by atoms with Crippen molar-refractivity contribution in [3.05, 3.63) is 11.9 Å². The number of nitrogens with zero attached hydrogens (tertiary/aromatic N) is 2. The van der Waals surface area contributed by atoms with Gasteiger partial charge in [0.1, 0.15) is 18.0 Å². The standard InChI is InChI=1S/C13H21N5O/c1-7(2)11-12(15-6-16-13(11)18-14)17-9-5-8-3-4-10(9)19-8/h6-10H,3-5,14H2,1-2H3,(H2,15,16,17,18). The second-order valence-corrected chi connectivity index (χ2v) is 5.64. The molecule has 0 spiro atoms. The molecule has 2 saturated heterocycles. The van der Waals surface area contributed by atoms with Gasteiger partial charge in [0.25, 0.3) is 0 Å². The van der Waals surface area contributed by atoms with Crippen molar-refractivity contribution in [1.82, 2.24) is 9.97 Å². The van der Waals surface area contributed by atoms with Crippen LogP contribution in [0.25, 0.3) is 0 Å². The Morgan fingerprint density at radius 2 is 2.11 bits per heavy atom. The van der Waals surface area contributed by atoms with Gasteiger partial charge in [0, 0.05) is 5.56 Å². The van der Waals surface area contributed by atoms with Gasteiger partial charge < -0.3 is 15.5 Å². The topological polar surface area (TPSA) is 85.1 Å². The second-order valence-electron chi connectivity index (χ2n) is 5.64. The molecule has 2 aliphatic rings. The first-order chi connectivity index (χ1) is 9.19. The van der Waals surface area contributed by atoms with E-state index in [1.165, 1.54) is 12.7 Å². The Kier molecular flexibility index (Phi) is 3.28. The third-order valence-electron chi connectivity index (χ3n) is 4.03. The molecule has 2 fully saturated rings. The van der Waals surface area contributed by atoms with Crippen molar-refractivity contribution in [3.63, 3.8) is 0 Å². The van der Waals surface area contributed by atoms with Crippen molar-refractivity contribution in [2.45, 2.75) is 57.3 Å². The summed E-state index contributed by atoms with van der Waals surface area (Å²) in [5.74, 6) is 7.40. The molecule has 4 N–H and O–H groups in total. The van der Waals surface area contributed by atoms with Crippen LogP contribution in [0.4, 0.5) is 11.6 Å². The highest BCUT2D eigenvalue weighted by atomic mass is 16.5. The highest BCUT2D eigenvalue weighted by Crippen LogP contribution is 2.37. The molecule has 104 valence electrons. The lowest BCUT2D eigenvalue weighted by Gasteiger charge is -2.23. The zero-order valence-electron chi connectivity index (χ0n) is 11.4. The smallest absolute Gasteiger partial charge is 0.148 e. The summed E-state index contributed by atoms with van der Waals surface area (Å²) in [6, 6.07) is 0.358. The molecule has 3 heterocycles. The molecule has 3 atom stereocenters. The predicted molar refractivity (Wildman–Crippen MR) is 73.9 cm³/mol. The van der Waals surface area contributed by atoms with Crippen LogP contribution in [-0.2, 0) is 4.74 Å². The van der Waals surface area contributed by atoms with Gasteiger partial charge in [-0.2, -0.15) is 0 Å². The van der Waals surface area contributed by atoms with Crippen molar-refractivity contribution in [3.8, 4) is 0 Å². The average molecular weight is 263 g/mol. The van der Waals surface area contributed by atoms with Crippen LogP contribution in [0.5, 0.6) is 0 Å². The minimum absolute atomic E-state index is 0.300. The third-order valence-corrected chi connectivity index (χ3v) is 4.03. The van der Waals surface area contributed by atoms with Crippen molar-refractivity contribution in [2.24, 2.45) is 5.84 Å². The van der Waals surface area contributed by atoms with E-state index < -0.39 is 0 Å². The molecular formula is C13H21N5O. The quantitative estimate of drug-likeness (QED) is 0.565. The maximum absolute atomic E-state index is 5.87. The number of hydrogen-bond acceptors (Lipinski definition) is 6. The molecule has 1 aromatic heterocycles. The summed E-state index contributed by atoms with van der Waals surface area (Å²) in [6.07, 6.45) is 5.70. The Bertz CT molecular complexity index is 464. The minimum Gasteiger partial charge on any atom is -0.373 e. The molecule has 6 nitrogen and oxygen atoms in total. The number of hydrogen-bond donors (Lipinski definition) is 3. The molecule has 3 rings (SSSR count). The molecule has 3 unspecified atom stereocenters. The molecule has 0 radical (unpaired) electrons. The van der Waals surface area contributed by atoms with Crippen molar-refractivity contribution in [1.29, 1.82) is 0 Å². The molecule has 1 aromatic rings. The molecule has 19 heavy (non-hydrogen) atoms. The Labute approximate surface area is 113 Å². The summed E-state index contributed by atoms with van der Waals surface area (Å²) < 4.78 is 5.87. The van der Waals surface area contributed by atoms with E-state index in [2.05, 4.69) is 34.6 Å². The van der Waals surface area contributed by atoms with Crippen molar-refractivity contribution in [2.75, 3.05) is 10.7 Å². The van der Waals surface area contributed by atoms with Gasteiger partial charge >= 0.3 is 0 Å². The van der Waals surface area contributed by atoms with Crippen LogP contribution in [0.15, 0.2) is 6.33 Å². The molecule has 0 saturated carbocycles. The average Bonchev–Trinajstić information content (AvgIpc) is 3.00. The van der Waals surface area contributed by atoms with Crippen molar-refractivity contribution >= 4 is 11.6 Å². The number of nitrogens with one attached hydrogen (secondary N) is 2. The largest absolute Gasteiger partial charge is 0.373 e. The van der Waals surface area contributed by atoms with Gasteiger partial charge in [-0.1, -0.05) is 13.8 Å². The third kappa shape index (κ3) is 2.26. The zero-order valence-corrected chi connectivity index (χ0v) is 11.4. The van der Waals surface area contributed by atoms with Crippen molar-refractivity contribution < 1.29 is 4.74 Å². The van der Waals surface area contributed by atoms with Gasteiger partial charge in [-0.25, -0.2) is 15.8 Å². The molecule has 0 amide bonds. The highest BCUT2D eigenvalue weighted by molar-refractivity contribution is 5.59. The van der Waals surface area contributed by atoms with E-state index in [-0.39, 0.29) is 0 Å². The number of rotatable bonds is 4. The van der Waals surface area contributed by atoms with Crippen LogP contribution < -0.4 is 16.6 Å².